The van der Waals surface area contributed by atoms with E-state index in [1.807, 2.05) is 56.6 Å². The number of carbonyl (C=O) groups is 2. The predicted molar refractivity (Wildman–Crippen MR) is 137 cm³/mol. The molecule has 4 rings (SSSR count). The van der Waals surface area contributed by atoms with Gasteiger partial charge in [-0.25, -0.2) is 4.98 Å². The third kappa shape index (κ3) is 5.51. The molecule has 0 fully saturated rings. The molecule has 7 heteroatoms. The van der Waals surface area contributed by atoms with Gasteiger partial charge in [0.1, 0.15) is 5.75 Å². The first kappa shape index (κ1) is 24.0. The van der Waals surface area contributed by atoms with Crippen molar-refractivity contribution in [2.24, 2.45) is 7.05 Å². The van der Waals surface area contributed by atoms with Crippen LogP contribution in [0.15, 0.2) is 78.9 Å². The molecule has 1 N–H and O–H groups in total. The van der Waals surface area contributed by atoms with Crippen molar-refractivity contribution in [3.63, 3.8) is 0 Å². The number of nitrogens with zero attached hydrogens (tertiary/aromatic N) is 3. The van der Waals surface area contributed by atoms with Gasteiger partial charge in [0.2, 0.25) is 0 Å². The van der Waals surface area contributed by atoms with Crippen molar-refractivity contribution in [1.29, 1.82) is 0 Å². The van der Waals surface area contributed by atoms with E-state index in [4.69, 9.17) is 4.74 Å². The number of likely N-dealkylation sites (N-methyl/N-ethyl adjacent to an activating group) is 1. The van der Waals surface area contributed by atoms with Gasteiger partial charge in [-0.05, 0) is 54.8 Å². The van der Waals surface area contributed by atoms with Gasteiger partial charge in [0, 0.05) is 32.2 Å². The minimum Gasteiger partial charge on any atom is -0.497 e. The average Bonchev–Trinajstić information content (AvgIpc) is 3.24. The molecule has 0 saturated heterocycles. The van der Waals surface area contributed by atoms with Crippen molar-refractivity contribution in [3.8, 4) is 5.75 Å². The molecule has 35 heavy (non-hydrogen) atoms. The van der Waals surface area contributed by atoms with Crippen LogP contribution in [0.2, 0.25) is 0 Å². The third-order valence-corrected chi connectivity index (χ3v) is 6.27. The zero-order chi connectivity index (χ0) is 24.8. The van der Waals surface area contributed by atoms with Crippen molar-refractivity contribution in [3.05, 3.63) is 95.8 Å². The number of hydrogen-bond donors (Lipinski definition) is 1. The first-order valence-corrected chi connectivity index (χ1v) is 11.6. The SMILES string of the molecule is COc1ccc(C(=O)N(C)C(CCNC(=O)c2nc3ccccc3n2C)Cc2ccccc2)cc1. The van der Waals surface area contributed by atoms with E-state index in [1.165, 1.54) is 0 Å². The minimum absolute atomic E-state index is 0.0738. The number of rotatable bonds is 9. The molecule has 7 nitrogen and oxygen atoms in total. The fraction of sp³-hybridized carbons (Fsp3) is 0.250. The zero-order valence-electron chi connectivity index (χ0n) is 20.3. The van der Waals surface area contributed by atoms with Crippen LogP contribution < -0.4 is 10.1 Å². The van der Waals surface area contributed by atoms with E-state index in [0.717, 1.165) is 16.6 Å². The number of methoxy groups -OCH3 is 1. The predicted octanol–water partition coefficient (Wildman–Crippen LogP) is 4.09. The first-order valence-electron chi connectivity index (χ1n) is 11.6. The van der Waals surface area contributed by atoms with Crippen LogP contribution in [0.1, 0.15) is 33.0 Å². The van der Waals surface area contributed by atoms with Gasteiger partial charge in [-0.2, -0.15) is 0 Å². The van der Waals surface area contributed by atoms with E-state index in [1.54, 1.807) is 40.8 Å². The van der Waals surface area contributed by atoms with Crippen LogP contribution in [0.25, 0.3) is 11.0 Å². The molecule has 1 atom stereocenters. The topological polar surface area (TPSA) is 76.5 Å². The van der Waals surface area contributed by atoms with E-state index in [9.17, 15) is 9.59 Å². The van der Waals surface area contributed by atoms with Gasteiger partial charge in [-0.15, -0.1) is 0 Å². The summed E-state index contributed by atoms with van der Waals surface area (Å²) in [7, 11) is 5.25. The summed E-state index contributed by atoms with van der Waals surface area (Å²) in [5.41, 5.74) is 3.42. The Labute approximate surface area is 205 Å². The molecular weight excluding hydrogens is 440 g/mol. The Kier molecular flexibility index (Phi) is 7.45. The van der Waals surface area contributed by atoms with Gasteiger partial charge in [-0.3, -0.25) is 9.59 Å². The van der Waals surface area contributed by atoms with Crippen molar-refractivity contribution in [2.75, 3.05) is 20.7 Å². The highest BCUT2D eigenvalue weighted by molar-refractivity contribution is 5.95. The maximum Gasteiger partial charge on any atom is 0.287 e. The number of aromatic nitrogens is 2. The largest absolute Gasteiger partial charge is 0.497 e. The maximum absolute atomic E-state index is 13.2. The second kappa shape index (κ2) is 10.9. The highest BCUT2D eigenvalue weighted by Gasteiger charge is 2.22. The molecular formula is C28H30N4O3. The van der Waals surface area contributed by atoms with E-state index < -0.39 is 0 Å². The maximum atomic E-state index is 13.2. The zero-order valence-corrected chi connectivity index (χ0v) is 20.3. The molecule has 1 aromatic heterocycles. The lowest BCUT2D eigenvalue weighted by Gasteiger charge is -2.29. The number of ether oxygens (including phenoxy) is 1. The van der Waals surface area contributed by atoms with Gasteiger partial charge in [0.15, 0.2) is 5.82 Å². The van der Waals surface area contributed by atoms with Gasteiger partial charge < -0.3 is 19.5 Å². The lowest BCUT2D eigenvalue weighted by atomic mass is 10.0. The fourth-order valence-corrected chi connectivity index (χ4v) is 4.20. The second-order valence-electron chi connectivity index (χ2n) is 8.52. The highest BCUT2D eigenvalue weighted by atomic mass is 16.5. The molecule has 0 aliphatic heterocycles. The summed E-state index contributed by atoms with van der Waals surface area (Å²) in [5, 5.41) is 2.99. The molecule has 0 radical (unpaired) electrons. The Morgan fingerprint density at radius 1 is 1.00 bits per heavy atom. The molecule has 0 spiro atoms. The molecule has 1 heterocycles. The monoisotopic (exact) mass is 470 g/mol. The van der Waals surface area contributed by atoms with Crippen LogP contribution in [0.4, 0.5) is 0 Å². The third-order valence-electron chi connectivity index (χ3n) is 6.27. The van der Waals surface area contributed by atoms with Gasteiger partial charge in [-0.1, -0.05) is 42.5 Å². The Morgan fingerprint density at radius 2 is 1.69 bits per heavy atom. The Bertz CT molecular complexity index is 1300. The number of carbonyl (C=O) groups excluding carboxylic acids is 2. The number of imidazole rings is 1. The molecule has 0 saturated carbocycles. The summed E-state index contributed by atoms with van der Waals surface area (Å²) in [6, 6.07) is 24.7. The van der Waals surface area contributed by atoms with Crippen LogP contribution in [0.5, 0.6) is 5.75 Å². The summed E-state index contributed by atoms with van der Waals surface area (Å²) in [4.78, 5) is 32.3. The fourth-order valence-electron chi connectivity index (χ4n) is 4.20. The van der Waals surface area contributed by atoms with Crippen molar-refractivity contribution in [1.82, 2.24) is 19.8 Å². The molecule has 3 aromatic carbocycles. The van der Waals surface area contributed by atoms with Crippen LogP contribution >= 0.6 is 0 Å². The molecule has 1 unspecified atom stereocenters. The summed E-state index contributed by atoms with van der Waals surface area (Å²) in [6.45, 7) is 0.416. The van der Waals surface area contributed by atoms with Gasteiger partial charge >= 0.3 is 0 Å². The van der Waals surface area contributed by atoms with Crippen molar-refractivity contribution >= 4 is 22.8 Å². The number of hydrogen-bond acceptors (Lipinski definition) is 4. The van der Waals surface area contributed by atoms with Crippen molar-refractivity contribution < 1.29 is 14.3 Å². The number of fused-ring (bicyclic) bond motifs is 1. The summed E-state index contributed by atoms with van der Waals surface area (Å²) in [6.07, 6.45) is 1.28. The lowest BCUT2D eigenvalue weighted by Crippen LogP contribution is -2.41. The number of para-hydroxylation sites is 2. The average molecular weight is 471 g/mol. The molecule has 180 valence electrons. The van der Waals surface area contributed by atoms with Crippen LogP contribution in [-0.2, 0) is 13.5 Å². The van der Waals surface area contributed by atoms with Crippen LogP contribution in [0, 0.1) is 0 Å². The number of nitrogens with one attached hydrogen (secondary N) is 1. The molecule has 4 aromatic rings. The van der Waals surface area contributed by atoms with E-state index in [2.05, 4.69) is 22.4 Å². The normalized spacial score (nSPS) is 11.7. The number of benzene rings is 3. The van der Waals surface area contributed by atoms with Gasteiger partial charge in [0.25, 0.3) is 11.8 Å². The summed E-state index contributed by atoms with van der Waals surface area (Å²) >= 11 is 0. The Balaban J connectivity index is 1.46. The number of aryl methyl sites for hydroxylation is 1. The van der Waals surface area contributed by atoms with E-state index in [0.29, 0.717) is 36.5 Å². The van der Waals surface area contributed by atoms with Crippen LogP contribution in [0.3, 0.4) is 0 Å². The smallest absolute Gasteiger partial charge is 0.287 e. The van der Waals surface area contributed by atoms with Crippen molar-refractivity contribution in [2.45, 2.75) is 18.9 Å². The lowest BCUT2D eigenvalue weighted by molar-refractivity contribution is 0.0722. The Morgan fingerprint density at radius 3 is 2.37 bits per heavy atom. The second-order valence-corrected chi connectivity index (χ2v) is 8.52. The minimum atomic E-state index is -0.230. The summed E-state index contributed by atoms with van der Waals surface area (Å²) < 4.78 is 7.00. The Hall–Kier alpha value is -4.13. The molecule has 2 amide bonds. The molecule has 0 bridgehead atoms. The molecule has 0 aliphatic rings. The molecule has 0 aliphatic carbocycles. The summed E-state index contributed by atoms with van der Waals surface area (Å²) in [5.74, 6) is 0.768. The highest BCUT2D eigenvalue weighted by Crippen LogP contribution is 2.18. The standard InChI is InChI=1S/C28H30N4O3/c1-31(28(34)21-13-15-23(35-3)16-14-21)22(19-20-9-5-4-6-10-20)17-18-29-27(33)26-30-24-11-7-8-12-25(24)32(26)2/h4-16,22H,17-19H2,1-3H3,(H,29,33). The van der Waals surface area contributed by atoms with E-state index >= 15 is 0 Å². The van der Waals surface area contributed by atoms with E-state index in [-0.39, 0.29) is 17.9 Å². The number of amides is 2. The van der Waals surface area contributed by atoms with Gasteiger partial charge in [0.05, 0.1) is 18.1 Å². The first-order chi connectivity index (χ1) is 17.0. The quantitative estimate of drug-likeness (QED) is 0.400. The van der Waals surface area contributed by atoms with Crippen LogP contribution in [-0.4, -0.2) is 53.0 Å².